The number of fused-ring (bicyclic) bond motifs is 1. The van der Waals surface area contributed by atoms with Gasteiger partial charge in [-0.05, 0) is 29.8 Å². The number of nitrogens with one attached hydrogen (secondary N) is 1. The zero-order valence-corrected chi connectivity index (χ0v) is 13.9. The van der Waals surface area contributed by atoms with Crippen LogP contribution in [0.5, 0.6) is 0 Å². The van der Waals surface area contributed by atoms with Crippen molar-refractivity contribution in [3.05, 3.63) is 89.8 Å². The molecule has 0 fully saturated rings. The van der Waals surface area contributed by atoms with Crippen molar-refractivity contribution in [3.8, 4) is 0 Å². The SMILES string of the molecule is O=C(NCc1ccccn1)c1cc2occc2n1Cc1cccc(F)c1. The minimum atomic E-state index is -0.306. The third kappa shape index (κ3) is 3.21. The van der Waals surface area contributed by atoms with Gasteiger partial charge in [-0.1, -0.05) is 18.2 Å². The number of hydrogen-bond acceptors (Lipinski definition) is 3. The van der Waals surface area contributed by atoms with Crippen molar-refractivity contribution in [3.63, 3.8) is 0 Å². The lowest BCUT2D eigenvalue weighted by Gasteiger charge is -2.11. The molecule has 6 heteroatoms. The molecular weight excluding hydrogens is 333 g/mol. The van der Waals surface area contributed by atoms with Gasteiger partial charge >= 0.3 is 0 Å². The van der Waals surface area contributed by atoms with Gasteiger partial charge in [0.2, 0.25) is 0 Å². The molecule has 4 rings (SSSR count). The fraction of sp³-hybridized carbons (Fsp3) is 0.100. The van der Waals surface area contributed by atoms with Crippen LogP contribution in [-0.2, 0) is 13.1 Å². The zero-order valence-electron chi connectivity index (χ0n) is 13.9. The van der Waals surface area contributed by atoms with E-state index >= 15 is 0 Å². The number of furan rings is 1. The quantitative estimate of drug-likeness (QED) is 0.597. The highest BCUT2D eigenvalue weighted by atomic mass is 19.1. The van der Waals surface area contributed by atoms with Crippen LogP contribution in [0.1, 0.15) is 21.7 Å². The van der Waals surface area contributed by atoms with Gasteiger partial charge in [0.1, 0.15) is 11.5 Å². The van der Waals surface area contributed by atoms with Crippen molar-refractivity contribution < 1.29 is 13.6 Å². The molecule has 3 aromatic heterocycles. The fourth-order valence-corrected chi connectivity index (χ4v) is 2.92. The summed E-state index contributed by atoms with van der Waals surface area (Å²) in [6.45, 7) is 0.694. The predicted octanol–water partition coefficient (Wildman–Crippen LogP) is 3.75. The molecule has 0 aliphatic carbocycles. The molecule has 1 aromatic carbocycles. The summed E-state index contributed by atoms with van der Waals surface area (Å²) >= 11 is 0. The van der Waals surface area contributed by atoms with Crippen molar-refractivity contribution >= 4 is 17.0 Å². The highest BCUT2D eigenvalue weighted by Crippen LogP contribution is 2.23. The molecule has 0 bridgehead atoms. The van der Waals surface area contributed by atoms with Gasteiger partial charge in [-0.2, -0.15) is 0 Å². The number of halogens is 1. The molecule has 130 valence electrons. The highest BCUT2D eigenvalue weighted by molar-refractivity contribution is 5.97. The van der Waals surface area contributed by atoms with Gasteiger partial charge in [-0.25, -0.2) is 4.39 Å². The Morgan fingerprint density at radius 1 is 1.15 bits per heavy atom. The van der Waals surface area contributed by atoms with Crippen LogP contribution in [-0.4, -0.2) is 15.5 Å². The molecule has 1 N–H and O–H groups in total. The average Bonchev–Trinajstić information content (AvgIpc) is 3.23. The molecule has 1 amide bonds. The summed E-state index contributed by atoms with van der Waals surface area (Å²) in [6, 6.07) is 15.4. The van der Waals surface area contributed by atoms with E-state index in [0.717, 1.165) is 16.8 Å². The molecule has 0 aliphatic rings. The van der Waals surface area contributed by atoms with Gasteiger partial charge < -0.3 is 14.3 Å². The summed E-state index contributed by atoms with van der Waals surface area (Å²) in [5, 5.41) is 2.87. The summed E-state index contributed by atoms with van der Waals surface area (Å²) in [5.74, 6) is -0.544. The molecule has 0 radical (unpaired) electrons. The Labute approximate surface area is 149 Å². The van der Waals surface area contributed by atoms with E-state index in [1.807, 2.05) is 28.8 Å². The predicted molar refractivity (Wildman–Crippen MR) is 95.1 cm³/mol. The van der Waals surface area contributed by atoms with Crippen LogP contribution in [0, 0.1) is 5.82 Å². The van der Waals surface area contributed by atoms with Crippen LogP contribution >= 0.6 is 0 Å². The number of rotatable bonds is 5. The van der Waals surface area contributed by atoms with Crippen LogP contribution in [0.3, 0.4) is 0 Å². The summed E-state index contributed by atoms with van der Waals surface area (Å²) in [4.78, 5) is 16.9. The third-order valence-electron chi connectivity index (χ3n) is 4.14. The first-order valence-corrected chi connectivity index (χ1v) is 8.20. The van der Waals surface area contributed by atoms with Crippen LogP contribution < -0.4 is 5.32 Å². The Morgan fingerprint density at radius 3 is 2.88 bits per heavy atom. The number of benzene rings is 1. The van der Waals surface area contributed by atoms with Gasteiger partial charge in [0, 0.05) is 24.9 Å². The van der Waals surface area contributed by atoms with E-state index in [4.69, 9.17) is 4.42 Å². The number of pyridine rings is 1. The average molecular weight is 349 g/mol. The highest BCUT2D eigenvalue weighted by Gasteiger charge is 2.17. The Balaban J connectivity index is 1.62. The molecule has 0 unspecified atom stereocenters. The Hall–Kier alpha value is -3.41. The zero-order chi connectivity index (χ0) is 17.9. The van der Waals surface area contributed by atoms with Gasteiger partial charge in [-0.15, -0.1) is 0 Å². The number of carbonyl (C=O) groups excluding carboxylic acids is 1. The molecule has 0 spiro atoms. The normalized spacial score (nSPS) is 11.0. The molecule has 0 saturated carbocycles. The van der Waals surface area contributed by atoms with E-state index < -0.39 is 0 Å². The van der Waals surface area contributed by atoms with Crippen molar-refractivity contribution in [2.45, 2.75) is 13.1 Å². The number of amides is 1. The molecule has 5 nitrogen and oxygen atoms in total. The summed E-state index contributed by atoms with van der Waals surface area (Å²) in [5.41, 5.74) is 3.40. The summed E-state index contributed by atoms with van der Waals surface area (Å²) < 4.78 is 20.8. The minimum Gasteiger partial charge on any atom is -0.463 e. The lowest BCUT2D eigenvalue weighted by molar-refractivity contribution is 0.0942. The Morgan fingerprint density at radius 2 is 2.08 bits per heavy atom. The number of carbonyl (C=O) groups is 1. The van der Waals surface area contributed by atoms with E-state index in [1.54, 1.807) is 30.7 Å². The minimum absolute atomic E-state index is 0.238. The van der Waals surface area contributed by atoms with E-state index in [0.29, 0.717) is 24.4 Å². The molecular formula is C20H16FN3O2. The lowest BCUT2D eigenvalue weighted by Crippen LogP contribution is -2.26. The maximum Gasteiger partial charge on any atom is 0.268 e. The van der Waals surface area contributed by atoms with Crippen molar-refractivity contribution in [2.75, 3.05) is 0 Å². The van der Waals surface area contributed by atoms with Crippen molar-refractivity contribution in [1.29, 1.82) is 0 Å². The number of hydrogen-bond donors (Lipinski definition) is 1. The second-order valence-electron chi connectivity index (χ2n) is 5.92. The smallest absolute Gasteiger partial charge is 0.268 e. The van der Waals surface area contributed by atoms with Gasteiger partial charge in [0.25, 0.3) is 5.91 Å². The monoisotopic (exact) mass is 349 g/mol. The Bertz CT molecular complexity index is 1050. The number of nitrogens with zero attached hydrogens (tertiary/aromatic N) is 2. The van der Waals surface area contributed by atoms with E-state index in [1.165, 1.54) is 12.1 Å². The van der Waals surface area contributed by atoms with Gasteiger partial charge in [0.15, 0.2) is 5.58 Å². The third-order valence-corrected chi connectivity index (χ3v) is 4.14. The van der Waals surface area contributed by atoms with Crippen molar-refractivity contribution in [2.24, 2.45) is 0 Å². The second kappa shape index (κ2) is 6.84. The number of aromatic nitrogens is 2. The van der Waals surface area contributed by atoms with Crippen LogP contribution in [0.15, 0.2) is 71.5 Å². The van der Waals surface area contributed by atoms with E-state index in [2.05, 4.69) is 10.3 Å². The molecule has 3 heterocycles. The van der Waals surface area contributed by atoms with Crippen molar-refractivity contribution in [1.82, 2.24) is 14.9 Å². The second-order valence-corrected chi connectivity index (χ2v) is 5.92. The van der Waals surface area contributed by atoms with Gasteiger partial charge in [0.05, 0.1) is 24.0 Å². The molecule has 0 saturated heterocycles. The van der Waals surface area contributed by atoms with E-state index in [-0.39, 0.29) is 11.7 Å². The maximum atomic E-state index is 13.5. The van der Waals surface area contributed by atoms with Gasteiger partial charge in [-0.3, -0.25) is 9.78 Å². The maximum absolute atomic E-state index is 13.5. The first-order valence-electron chi connectivity index (χ1n) is 8.20. The first-order chi connectivity index (χ1) is 12.7. The van der Waals surface area contributed by atoms with E-state index in [9.17, 15) is 9.18 Å². The largest absolute Gasteiger partial charge is 0.463 e. The summed E-state index contributed by atoms with van der Waals surface area (Å²) in [6.07, 6.45) is 3.25. The molecule has 26 heavy (non-hydrogen) atoms. The standard InChI is InChI=1S/C20H16FN3O2/c21-15-5-3-4-14(10-15)13-24-17-7-9-26-19(17)11-18(24)20(25)23-12-16-6-1-2-8-22-16/h1-11H,12-13H2,(H,23,25). The Kier molecular flexibility index (Phi) is 4.23. The fourth-order valence-electron chi connectivity index (χ4n) is 2.92. The summed E-state index contributed by atoms with van der Waals surface area (Å²) in [7, 11) is 0. The topological polar surface area (TPSA) is 60.1 Å². The van der Waals surface area contributed by atoms with Crippen LogP contribution in [0.4, 0.5) is 4.39 Å². The van der Waals surface area contributed by atoms with Crippen LogP contribution in [0.25, 0.3) is 11.1 Å². The first kappa shape index (κ1) is 16.1. The molecule has 0 atom stereocenters. The molecule has 4 aromatic rings. The molecule has 0 aliphatic heterocycles. The lowest BCUT2D eigenvalue weighted by atomic mass is 10.2. The van der Waals surface area contributed by atoms with Crippen LogP contribution in [0.2, 0.25) is 0 Å².